The minimum Gasteiger partial charge on any atom is -0.387 e. The minimum absolute atomic E-state index is 0.0560. The second-order valence-corrected chi connectivity index (χ2v) is 18.0. The Hall–Kier alpha value is -5.90. The molecule has 0 spiro atoms. The molecule has 9 rings (SSSR count). The molecule has 0 saturated carbocycles. The fourth-order valence-electron chi connectivity index (χ4n) is 8.89. The van der Waals surface area contributed by atoms with E-state index in [1.807, 2.05) is 212 Å². The van der Waals surface area contributed by atoms with Crippen molar-refractivity contribution in [1.29, 1.82) is 0 Å². The molecule has 0 bridgehead atoms. The highest BCUT2D eigenvalue weighted by Gasteiger charge is 2.52. The predicted molar refractivity (Wildman–Crippen MR) is 272 cm³/mol. The van der Waals surface area contributed by atoms with Crippen molar-refractivity contribution >= 4 is 0 Å². The summed E-state index contributed by atoms with van der Waals surface area (Å²) in [6.45, 7) is 1.77. The Morgan fingerprint density at radius 1 is 0.278 bits per heavy atom. The summed E-state index contributed by atoms with van der Waals surface area (Å²) in [6, 6.07) is 69.6. The van der Waals surface area contributed by atoms with Crippen LogP contribution in [0.25, 0.3) is 0 Å². The van der Waals surface area contributed by atoms with Gasteiger partial charge in [0, 0.05) is 0 Å². The predicted octanol–water partition coefficient (Wildman–Crippen LogP) is 10.2. The number of benzene rings is 7. The van der Waals surface area contributed by atoms with Crippen molar-refractivity contribution in [1.82, 2.24) is 0 Å². The van der Waals surface area contributed by atoms with Gasteiger partial charge in [-0.15, -0.1) is 0 Å². The largest absolute Gasteiger partial charge is 0.387 e. The third-order valence-corrected chi connectivity index (χ3v) is 12.7. The van der Waals surface area contributed by atoms with Crippen LogP contribution in [0.2, 0.25) is 0 Å². The molecular weight excluding hydrogens is 909 g/mol. The first-order valence-electron chi connectivity index (χ1n) is 24.8. The Kier molecular flexibility index (Phi) is 19.3. The van der Waals surface area contributed by atoms with E-state index in [1.54, 1.807) is 0 Å². The second-order valence-electron chi connectivity index (χ2n) is 18.0. The van der Waals surface area contributed by atoms with Gasteiger partial charge in [-0.1, -0.05) is 212 Å². The number of hydrogen-bond donors (Lipinski definition) is 1. The molecule has 0 unspecified atom stereocenters. The molecule has 2 aliphatic rings. The highest BCUT2D eigenvalue weighted by Crippen LogP contribution is 2.34. The molecule has 2 heterocycles. The summed E-state index contributed by atoms with van der Waals surface area (Å²) in [5, 5.41) is 12.2. The lowest BCUT2D eigenvalue weighted by molar-refractivity contribution is -0.352. The zero-order chi connectivity index (χ0) is 49.0. The van der Waals surface area contributed by atoms with Crippen molar-refractivity contribution in [3.63, 3.8) is 0 Å². The highest BCUT2D eigenvalue weighted by molar-refractivity contribution is 5.19. The maximum atomic E-state index is 12.2. The highest BCUT2D eigenvalue weighted by atomic mass is 16.7. The van der Waals surface area contributed by atoms with Crippen LogP contribution in [-0.4, -0.2) is 79.7 Å². The van der Waals surface area contributed by atoms with Crippen LogP contribution in [0.5, 0.6) is 0 Å². The summed E-state index contributed by atoms with van der Waals surface area (Å²) in [4.78, 5) is 0. The van der Waals surface area contributed by atoms with Crippen LogP contribution in [0.15, 0.2) is 212 Å². The van der Waals surface area contributed by atoms with E-state index in [2.05, 4.69) is 0 Å². The molecule has 0 aliphatic carbocycles. The smallest absolute Gasteiger partial charge is 0.187 e. The van der Waals surface area contributed by atoms with Gasteiger partial charge in [-0.3, -0.25) is 0 Å². The minimum atomic E-state index is -1.15. The molecule has 7 aromatic carbocycles. The zero-order valence-electron chi connectivity index (χ0n) is 40.4. The van der Waals surface area contributed by atoms with Crippen LogP contribution >= 0.6 is 0 Å². The molecule has 72 heavy (non-hydrogen) atoms. The normalized spacial score (nSPS) is 24.2. The van der Waals surface area contributed by atoms with Crippen molar-refractivity contribution in [2.24, 2.45) is 0 Å². The van der Waals surface area contributed by atoms with E-state index < -0.39 is 61.4 Å². The van der Waals surface area contributed by atoms with Crippen molar-refractivity contribution in [2.45, 2.75) is 108 Å². The lowest BCUT2D eigenvalue weighted by Gasteiger charge is -2.47. The second kappa shape index (κ2) is 27.2. The molecule has 374 valence electrons. The SMILES string of the molecule is O[C@H]1[C@H](OCc2ccccc2)[C@@H](OCc2ccccc2)[C@H](OC[C@H]2O[C@@H](OCc3ccccc3)[C@H](OCc3ccccc3)[C@@H](OCc3ccccc3)[C@@H]2OCc2ccccc2)O[C@@H]1COCc1ccccc1. The summed E-state index contributed by atoms with van der Waals surface area (Å²) in [7, 11) is 0. The van der Waals surface area contributed by atoms with E-state index in [0.29, 0.717) is 6.61 Å². The third-order valence-electron chi connectivity index (χ3n) is 12.7. The van der Waals surface area contributed by atoms with Gasteiger partial charge in [-0.25, -0.2) is 0 Å². The average molecular weight is 973 g/mol. The van der Waals surface area contributed by atoms with E-state index in [4.69, 9.17) is 47.4 Å². The maximum Gasteiger partial charge on any atom is 0.187 e. The molecule has 10 atom stereocenters. The van der Waals surface area contributed by atoms with E-state index in [1.165, 1.54) is 0 Å². The average Bonchev–Trinajstić information content (AvgIpc) is 3.44. The van der Waals surface area contributed by atoms with Crippen molar-refractivity contribution in [3.8, 4) is 0 Å². The van der Waals surface area contributed by atoms with Crippen LogP contribution in [0.3, 0.4) is 0 Å². The number of rotatable bonds is 25. The van der Waals surface area contributed by atoms with E-state index in [9.17, 15) is 5.11 Å². The monoisotopic (exact) mass is 972 g/mol. The van der Waals surface area contributed by atoms with E-state index in [-0.39, 0.29) is 52.9 Å². The summed E-state index contributed by atoms with van der Waals surface area (Å²) < 4.78 is 68.0. The van der Waals surface area contributed by atoms with Gasteiger partial charge in [0.05, 0.1) is 59.5 Å². The molecule has 11 nitrogen and oxygen atoms in total. The van der Waals surface area contributed by atoms with Crippen LogP contribution in [0.1, 0.15) is 38.9 Å². The van der Waals surface area contributed by atoms with Crippen LogP contribution in [0.4, 0.5) is 0 Å². The van der Waals surface area contributed by atoms with Crippen molar-refractivity contribution in [2.75, 3.05) is 13.2 Å². The molecule has 2 saturated heterocycles. The van der Waals surface area contributed by atoms with Gasteiger partial charge in [-0.05, 0) is 38.9 Å². The summed E-state index contributed by atoms with van der Waals surface area (Å²) in [5.41, 5.74) is 6.77. The summed E-state index contributed by atoms with van der Waals surface area (Å²) in [6.07, 6.45) is -8.82. The molecule has 0 radical (unpaired) electrons. The first-order chi connectivity index (χ1) is 35.6. The van der Waals surface area contributed by atoms with Gasteiger partial charge in [0.25, 0.3) is 0 Å². The van der Waals surface area contributed by atoms with Gasteiger partial charge >= 0.3 is 0 Å². The molecular formula is C61H64O11. The van der Waals surface area contributed by atoms with E-state index >= 15 is 0 Å². The topological polar surface area (TPSA) is 113 Å². The Labute approximate surface area is 423 Å². The Morgan fingerprint density at radius 3 is 0.972 bits per heavy atom. The van der Waals surface area contributed by atoms with E-state index in [0.717, 1.165) is 38.9 Å². The molecule has 1 N–H and O–H groups in total. The van der Waals surface area contributed by atoms with Gasteiger partial charge in [0.1, 0.15) is 48.8 Å². The number of aliphatic hydroxyl groups is 1. The van der Waals surface area contributed by atoms with Crippen LogP contribution < -0.4 is 0 Å². The number of ether oxygens (including phenoxy) is 10. The number of hydrogen-bond acceptors (Lipinski definition) is 11. The Bertz CT molecular complexity index is 2550. The van der Waals surface area contributed by atoms with Gasteiger partial charge in [0.2, 0.25) is 0 Å². The van der Waals surface area contributed by atoms with Gasteiger partial charge in [-0.2, -0.15) is 0 Å². The Balaban J connectivity index is 1.04. The first-order valence-corrected chi connectivity index (χ1v) is 24.8. The quantitative estimate of drug-likeness (QED) is 0.0591. The van der Waals surface area contributed by atoms with Crippen molar-refractivity contribution < 1.29 is 52.5 Å². The molecule has 11 heteroatoms. The van der Waals surface area contributed by atoms with Crippen LogP contribution in [0, 0.1) is 0 Å². The number of aliphatic hydroxyl groups excluding tert-OH is 1. The standard InChI is InChI=1S/C61H64O11/c62-54-52(43-63-36-45-22-8-1-9-23-45)71-60(58(67-40-49-30-16-5-17-31-49)56(54)65-38-47-26-12-3-13-27-47)70-44-53-55(64-37-46-24-10-2-11-25-46)57(66-39-48-28-14-4-15-29-48)59(68-41-50-32-18-6-19-33-50)61(72-53)69-42-51-34-20-7-21-35-51/h1-35,52-62H,36-44H2/t52-,53-,54-,55-,56+,57+,58-,59-,60-,61-/m1/s1. The Morgan fingerprint density at radius 2 is 0.569 bits per heavy atom. The lowest BCUT2D eigenvalue weighted by atomic mass is 9.97. The zero-order valence-corrected chi connectivity index (χ0v) is 40.4. The van der Waals surface area contributed by atoms with Crippen molar-refractivity contribution in [3.05, 3.63) is 251 Å². The van der Waals surface area contributed by atoms with Crippen LogP contribution in [-0.2, 0) is 93.6 Å². The molecule has 2 aliphatic heterocycles. The van der Waals surface area contributed by atoms with Gasteiger partial charge < -0.3 is 52.5 Å². The van der Waals surface area contributed by atoms with Gasteiger partial charge in [0.15, 0.2) is 12.6 Å². The molecule has 7 aromatic rings. The third kappa shape index (κ3) is 14.8. The molecule has 0 amide bonds. The lowest BCUT2D eigenvalue weighted by Crippen LogP contribution is -2.63. The summed E-state index contributed by atoms with van der Waals surface area (Å²) >= 11 is 0. The fraction of sp³-hybridized carbons (Fsp3) is 0.311. The fourth-order valence-corrected chi connectivity index (χ4v) is 8.89. The molecule has 0 aromatic heterocycles. The summed E-state index contributed by atoms with van der Waals surface area (Å²) in [5.74, 6) is 0. The first kappa shape index (κ1) is 51.0. The molecule has 2 fully saturated rings. The maximum absolute atomic E-state index is 12.2.